The van der Waals surface area contributed by atoms with Crippen LogP contribution in [0.1, 0.15) is 0 Å². The molecule has 3 nitrogen and oxygen atoms in total. The van der Waals surface area contributed by atoms with Gasteiger partial charge in [0.15, 0.2) is 0 Å². The van der Waals surface area contributed by atoms with Crippen LogP contribution in [0.3, 0.4) is 0 Å². The molecule has 0 aliphatic heterocycles. The van der Waals surface area contributed by atoms with Gasteiger partial charge in [0.2, 0.25) is 0 Å². The quantitative estimate of drug-likeness (QED) is 0.107. The van der Waals surface area contributed by atoms with Crippen molar-refractivity contribution >= 4 is 168 Å². The largest absolute Gasteiger partial charge is 0.315 e. The first-order chi connectivity index (χ1) is 31.2. The molecule has 0 aliphatic rings. The van der Waals surface area contributed by atoms with E-state index < -0.39 is 0 Å². The molecule has 0 spiro atoms. The Morgan fingerprint density at radius 2 is 0.667 bits per heavy atom. The van der Waals surface area contributed by atoms with Gasteiger partial charge in [0.25, 0.3) is 0 Å². The van der Waals surface area contributed by atoms with Gasteiger partial charge in [0.1, 0.15) is 0 Å². The molecule has 0 aliphatic carbocycles. The predicted octanol–water partition coefficient (Wildman–Crippen LogP) is 16.3. The third-order valence-corrected chi connectivity index (χ3v) is 15.6. The van der Waals surface area contributed by atoms with Gasteiger partial charge in [0.05, 0.1) is 44.1 Å². The topological polar surface area (TPSA) is 13.2 Å². The number of pyridine rings is 5. The van der Waals surface area contributed by atoms with E-state index in [-0.39, 0.29) is 0 Å². The second-order valence-electron chi connectivity index (χ2n) is 18.4. The normalized spacial score (nSPS) is 13.4. The zero-order valence-corrected chi connectivity index (χ0v) is 33.6. The fraction of sp³-hybridized carbons (Fsp3) is 0. The Morgan fingerprint density at radius 1 is 0.222 bits per heavy atom. The smallest absolute Gasteiger partial charge is 0.0662 e. The van der Waals surface area contributed by atoms with Gasteiger partial charge in [-0.1, -0.05) is 84.9 Å². The van der Waals surface area contributed by atoms with Crippen molar-refractivity contribution in [3.8, 4) is 0 Å². The average Bonchev–Trinajstić information content (AvgIpc) is 4.11. The molecule has 8 aromatic heterocycles. The molecule has 0 fully saturated rings. The predicted molar refractivity (Wildman–Crippen MR) is 269 cm³/mol. The fourth-order valence-electron chi connectivity index (χ4n) is 13.2. The zero-order valence-electron chi connectivity index (χ0n) is 33.6. The standard InChI is InChI=1S/C60H29N3/c1-4-11-33-25-40-36(22-30(33)8-1)15-16-39-50(40)48-19-17-45-44-29-38-24-32-10-3-6-13-35(32)27-42(38)52-49-20-18-46-43-28-37-23-31-9-2-5-12-34(31)26-41(37)51-47-14-7-21-61(47)58-55(39)59(62(45)48)57(54(44)52)60(63(46)49)56(58)53(43)51/h1-29H. The number of aromatic nitrogens is 3. The molecule has 18 aromatic rings. The average molecular weight is 792 g/mol. The molecule has 0 saturated heterocycles. The Morgan fingerprint density at radius 3 is 1.25 bits per heavy atom. The van der Waals surface area contributed by atoms with Crippen LogP contribution in [0.4, 0.5) is 0 Å². The summed E-state index contributed by atoms with van der Waals surface area (Å²) in [6, 6.07) is 65.2. The van der Waals surface area contributed by atoms with Crippen LogP contribution in [0.15, 0.2) is 176 Å². The Hall–Kier alpha value is -8.40. The molecule has 0 N–H and O–H groups in total. The number of benzene rings is 10. The molecule has 0 atom stereocenters. The molecular weight excluding hydrogens is 763 g/mol. The van der Waals surface area contributed by atoms with E-state index >= 15 is 0 Å². The van der Waals surface area contributed by atoms with Crippen molar-refractivity contribution in [2.24, 2.45) is 0 Å². The first-order valence-electron chi connectivity index (χ1n) is 22.1. The second-order valence-corrected chi connectivity index (χ2v) is 18.4. The molecule has 284 valence electrons. The zero-order chi connectivity index (χ0) is 40.1. The molecule has 8 heterocycles. The Balaban J connectivity index is 1.23. The van der Waals surface area contributed by atoms with Crippen molar-refractivity contribution in [1.29, 1.82) is 0 Å². The van der Waals surface area contributed by atoms with Crippen molar-refractivity contribution in [2.45, 2.75) is 0 Å². The van der Waals surface area contributed by atoms with E-state index in [2.05, 4.69) is 189 Å². The maximum Gasteiger partial charge on any atom is 0.0662 e. The van der Waals surface area contributed by atoms with Crippen molar-refractivity contribution in [3.05, 3.63) is 176 Å². The molecule has 0 saturated carbocycles. The Bertz CT molecular complexity index is 5030. The third-order valence-electron chi connectivity index (χ3n) is 15.6. The van der Waals surface area contributed by atoms with Crippen molar-refractivity contribution in [1.82, 2.24) is 13.2 Å². The van der Waals surface area contributed by atoms with Crippen molar-refractivity contribution < 1.29 is 0 Å². The molecule has 3 heteroatoms. The van der Waals surface area contributed by atoms with E-state index in [1.54, 1.807) is 0 Å². The summed E-state index contributed by atoms with van der Waals surface area (Å²) in [4.78, 5) is 0. The molecule has 0 bridgehead atoms. The van der Waals surface area contributed by atoms with Gasteiger partial charge in [-0.3, -0.25) is 0 Å². The van der Waals surface area contributed by atoms with Crippen LogP contribution in [0, 0.1) is 0 Å². The van der Waals surface area contributed by atoms with Gasteiger partial charge in [-0.15, -0.1) is 0 Å². The Kier molecular flexibility index (Phi) is 4.79. The SMILES string of the molecule is c1ccc2cc3c(cc2c1)cc1c2c3c3cccn3c3c4c5ccc6cc7ccccc7cc6c5c5ccc6c7cc8cc9ccccc9cc8c8c7c(c4n65)c(c23)n2c1ccc82. The van der Waals surface area contributed by atoms with Gasteiger partial charge in [0, 0.05) is 60.1 Å². The lowest BCUT2D eigenvalue weighted by molar-refractivity contribution is 1.28. The summed E-state index contributed by atoms with van der Waals surface area (Å²) in [5, 5.41) is 30.0. The van der Waals surface area contributed by atoms with Gasteiger partial charge >= 0.3 is 0 Å². The van der Waals surface area contributed by atoms with E-state index in [1.807, 2.05) is 0 Å². The molecular formula is C60H29N3. The number of hydrogen-bond donors (Lipinski definition) is 0. The lowest BCUT2D eigenvalue weighted by atomic mass is 9.86. The van der Waals surface area contributed by atoms with Crippen LogP contribution in [0.25, 0.3) is 168 Å². The summed E-state index contributed by atoms with van der Waals surface area (Å²) >= 11 is 0. The number of fused-ring (bicyclic) bond motifs is 19. The van der Waals surface area contributed by atoms with Crippen LogP contribution in [0.2, 0.25) is 0 Å². The summed E-state index contributed by atoms with van der Waals surface area (Å²) in [6.45, 7) is 0. The molecule has 0 radical (unpaired) electrons. The van der Waals surface area contributed by atoms with Gasteiger partial charge < -0.3 is 13.2 Å². The molecule has 0 amide bonds. The summed E-state index contributed by atoms with van der Waals surface area (Å²) in [7, 11) is 0. The van der Waals surface area contributed by atoms with Crippen LogP contribution >= 0.6 is 0 Å². The van der Waals surface area contributed by atoms with Crippen molar-refractivity contribution in [3.63, 3.8) is 0 Å². The summed E-state index contributed by atoms with van der Waals surface area (Å²) in [6.07, 6.45) is 2.33. The second kappa shape index (κ2) is 9.87. The summed E-state index contributed by atoms with van der Waals surface area (Å²) in [5.41, 5.74) is 10.2. The van der Waals surface area contributed by atoms with Gasteiger partial charge in [-0.2, -0.15) is 0 Å². The fourth-order valence-corrected chi connectivity index (χ4v) is 13.2. The van der Waals surface area contributed by atoms with Gasteiger partial charge in [-0.25, -0.2) is 0 Å². The maximum absolute atomic E-state index is 2.67. The number of hydrogen-bond acceptors (Lipinski definition) is 0. The van der Waals surface area contributed by atoms with E-state index in [1.165, 1.54) is 168 Å². The van der Waals surface area contributed by atoms with E-state index in [9.17, 15) is 0 Å². The third kappa shape index (κ3) is 3.25. The first-order valence-corrected chi connectivity index (χ1v) is 22.1. The highest BCUT2D eigenvalue weighted by atomic mass is 15.0. The Labute approximate surface area is 355 Å². The summed E-state index contributed by atoms with van der Waals surface area (Å²) in [5.74, 6) is 0. The van der Waals surface area contributed by atoms with E-state index in [4.69, 9.17) is 0 Å². The van der Waals surface area contributed by atoms with E-state index in [0.717, 1.165) is 0 Å². The maximum atomic E-state index is 2.67. The molecule has 0 unspecified atom stereocenters. The van der Waals surface area contributed by atoms with Crippen LogP contribution in [-0.4, -0.2) is 13.2 Å². The minimum absolute atomic E-state index is 1.25. The van der Waals surface area contributed by atoms with Crippen molar-refractivity contribution in [2.75, 3.05) is 0 Å². The minimum atomic E-state index is 1.25. The highest BCUT2D eigenvalue weighted by Crippen LogP contribution is 2.55. The minimum Gasteiger partial charge on any atom is -0.315 e. The highest BCUT2D eigenvalue weighted by Gasteiger charge is 2.31. The monoisotopic (exact) mass is 791 g/mol. The number of nitrogens with zero attached hydrogens (tertiary/aromatic N) is 3. The van der Waals surface area contributed by atoms with Gasteiger partial charge in [-0.05, 0) is 155 Å². The molecule has 63 heavy (non-hydrogen) atoms. The highest BCUT2D eigenvalue weighted by molar-refractivity contribution is 6.49. The summed E-state index contributed by atoms with van der Waals surface area (Å²) < 4.78 is 7.88. The molecule has 18 rings (SSSR count). The lowest BCUT2D eigenvalue weighted by Crippen LogP contribution is -2.06. The van der Waals surface area contributed by atoms with Crippen LogP contribution in [-0.2, 0) is 0 Å². The number of rotatable bonds is 0. The first kappa shape index (κ1) is 30.6. The molecule has 10 aromatic carbocycles. The lowest BCUT2D eigenvalue weighted by Gasteiger charge is -2.27. The van der Waals surface area contributed by atoms with Crippen LogP contribution < -0.4 is 0 Å². The van der Waals surface area contributed by atoms with Crippen LogP contribution in [0.5, 0.6) is 0 Å². The van der Waals surface area contributed by atoms with E-state index in [0.29, 0.717) is 0 Å².